The van der Waals surface area contributed by atoms with Gasteiger partial charge in [0.1, 0.15) is 0 Å². The van der Waals surface area contributed by atoms with Gasteiger partial charge in [-0.05, 0) is 26.7 Å². The Morgan fingerprint density at radius 1 is 1.40 bits per heavy atom. The summed E-state index contributed by atoms with van der Waals surface area (Å²) >= 11 is 0. The first-order valence-corrected chi connectivity index (χ1v) is 5.24. The number of rotatable bonds is 3. The smallest absolute Gasteiger partial charge is 0.338 e. The van der Waals surface area contributed by atoms with E-state index in [1.54, 1.807) is 13.8 Å². The van der Waals surface area contributed by atoms with E-state index in [1.807, 2.05) is 0 Å². The molecular weight excluding hydrogens is 196 g/mol. The molecule has 1 aliphatic heterocycles. The summed E-state index contributed by atoms with van der Waals surface area (Å²) in [4.78, 5) is 11.5. The Bertz CT molecular complexity index is 239. The third-order valence-corrected chi connectivity index (χ3v) is 2.36. The molecule has 0 spiro atoms. The highest BCUT2D eigenvalue weighted by Crippen LogP contribution is 2.25. The fourth-order valence-electron chi connectivity index (χ4n) is 1.36. The van der Waals surface area contributed by atoms with Crippen molar-refractivity contribution in [3.63, 3.8) is 0 Å². The van der Waals surface area contributed by atoms with Crippen molar-refractivity contribution in [2.24, 2.45) is 0 Å². The highest BCUT2D eigenvalue weighted by atomic mass is 16.7. The summed E-state index contributed by atoms with van der Waals surface area (Å²) in [6.45, 7) is 8.63. The van der Waals surface area contributed by atoms with Gasteiger partial charge in [0.2, 0.25) is 0 Å². The summed E-state index contributed by atoms with van der Waals surface area (Å²) in [5.41, 5.74) is 0.228. The summed E-state index contributed by atoms with van der Waals surface area (Å²) in [6.07, 6.45) is 1.87. The summed E-state index contributed by atoms with van der Waals surface area (Å²) < 4.78 is 15.9. The zero-order valence-corrected chi connectivity index (χ0v) is 9.38. The summed E-state index contributed by atoms with van der Waals surface area (Å²) in [7, 11) is 0. The molecule has 0 aromatic rings. The molecule has 4 heteroatoms. The van der Waals surface area contributed by atoms with Crippen LogP contribution < -0.4 is 0 Å². The zero-order valence-electron chi connectivity index (χ0n) is 9.38. The number of hydrogen-bond donors (Lipinski definition) is 0. The van der Waals surface area contributed by atoms with E-state index < -0.39 is 11.8 Å². The molecule has 0 saturated carbocycles. The minimum atomic E-state index is -1.03. The lowest BCUT2D eigenvalue weighted by atomic mass is 10.1. The van der Waals surface area contributed by atoms with Gasteiger partial charge in [0, 0.05) is 0 Å². The second-order valence-corrected chi connectivity index (χ2v) is 3.55. The molecule has 1 fully saturated rings. The maximum Gasteiger partial charge on any atom is 0.338 e. The largest absolute Gasteiger partial charge is 0.462 e. The molecule has 0 bridgehead atoms. The highest BCUT2D eigenvalue weighted by molar-refractivity contribution is 5.89. The van der Waals surface area contributed by atoms with E-state index in [2.05, 4.69) is 6.58 Å². The predicted octanol–water partition coefficient (Wildman–Crippen LogP) is 1.65. The number of ether oxygens (including phenoxy) is 3. The van der Waals surface area contributed by atoms with E-state index in [1.165, 1.54) is 0 Å². The maximum absolute atomic E-state index is 11.5. The summed E-state index contributed by atoms with van der Waals surface area (Å²) in [5, 5.41) is 0. The number of carbonyl (C=O) groups is 1. The lowest BCUT2D eigenvalue weighted by Gasteiger charge is -2.28. The molecule has 1 aliphatic rings. The van der Waals surface area contributed by atoms with E-state index >= 15 is 0 Å². The maximum atomic E-state index is 11.5. The van der Waals surface area contributed by atoms with Crippen LogP contribution in [0.2, 0.25) is 0 Å². The fourth-order valence-corrected chi connectivity index (χ4v) is 1.36. The number of hydrogen-bond acceptors (Lipinski definition) is 4. The third kappa shape index (κ3) is 3.04. The van der Waals surface area contributed by atoms with E-state index in [4.69, 9.17) is 14.2 Å². The SMILES string of the molecule is C=C(C(=O)OCC)C1(C)OCCCCO1. The quantitative estimate of drug-likeness (QED) is 0.529. The zero-order chi connectivity index (χ0) is 11.3. The van der Waals surface area contributed by atoms with Gasteiger partial charge in [-0.3, -0.25) is 0 Å². The van der Waals surface area contributed by atoms with Crippen molar-refractivity contribution >= 4 is 5.97 Å². The Hall–Kier alpha value is -0.870. The molecule has 4 nitrogen and oxygen atoms in total. The van der Waals surface area contributed by atoms with Crippen LogP contribution in [0.25, 0.3) is 0 Å². The van der Waals surface area contributed by atoms with Gasteiger partial charge in [-0.15, -0.1) is 0 Å². The van der Waals surface area contributed by atoms with Gasteiger partial charge in [0.25, 0.3) is 0 Å². The number of esters is 1. The average Bonchev–Trinajstić information content (AvgIpc) is 2.43. The van der Waals surface area contributed by atoms with Crippen LogP contribution in [0.3, 0.4) is 0 Å². The minimum Gasteiger partial charge on any atom is -0.462 e. The molecule has 0 radical (unpaired) electrons. The Labute approximate surface area is 90.2 Å². The van der Waals surface area contributed by atoms with Crippen molar-refractivity contribution in [1.29, 1.82) is 0 Å². The highest BCUT2D eigenvalue weighted by Gasteiger charge is 2.36. The molecule has 0 aromatic carbocycles. The standard InChI is InChI=1S/C11H18O4/c1-4-13-10(12)9(2)11(3)14-7-5-6-8-15-11/h2,4-8H2,1,3H3. The summed E-state index contributed by atoms with van der Waals surface area (Å²) in [6, 6.07) is 0. The van der Waals surface area contributed by atoms with Gasteiger partial charge in [0.05, 0.1) is 25.4 Å². The molecule has 1 saturated heterocycles. The fraction of sp³-hybridized carbons (Fsp3) is 0.727. The van der Waals surface area contributed by atoms with Crippen LogP contribution in [0.15, 0.2) is 12.2 Å². The minimum absolute atomic E-state index is 0.228. The van der Waals surface area contributed by atoms with Gasteiger partial charge in [0.15, 0.2) is 5.79 Å². The van der Waals surface area contributed by atoms with Crippen LogP contribution >= 0.6 is 0 Å². The lowest BCUT2D eigenvalue weighted by molar-refractivity contribution is -0.192. The van der Waals surface area contributed by atoms with E-state index in [-0.39, 0.29) is 5.57 Å². The lowest BCUT2D eigenvalue weighted by Crippen LogP contribution is -2.37. The normalized spacial score (nSPS) is 20.4. The molecule has 0 atom stereocenters. The van der Waals surface area contributed by atoms with E-state index in [9.17, 15) is 4.79 Å². The van der Waals surface area contributed by atoms with Gasteiger partial charge >= 0.3 is 5.97 Å². The van der Waals surface area contributed by atoms with Crippen LogP contribution in [0.1, 0.15) is 26.7 Å². The van der Waals surface area contributed by atoms with Crippen LogP contribution in [-0.4, -0.2) is 31.6 Å². The molecule has 86 valence electrons. The van der Waals surface area contributed by atoms with E-state index in [0.717, 1.165) is 12.8 Å². The van der Waals surface area contributed by atoms with Crippen LogP contribution in [0, 0.1) is 0 Å². The molecule has 0 amide bonds. The molecule has 1 rings (SSSR count). The molecule has 0 unspecified atom stereocenters. The first-order valence-electron chi connectivity index (χ1n) is 5.24. The Kier molecular flexibility index (Phi) is 4.29. The predicted molar refractivity (Wildman–Crippen MR) is 55.3 cm³/mol. The Morgan fingerprint density at radius 3 is 2.40 bits per heavy atom. The molecule has 0 aliphatic carbocycles. The van der Waals surface area contributed by atoms with Crippen molar-refractivity contribution < 1.29 is 19.0 Å². The first-order chi connectivity index (χ1) is 7.10. The second kappa shape index (κ2) is 5.28. The Balaban J connectivity index is 2.65. The van der Waals surface area contributed by atoms with Gasteiger partial charge in [-0.25, -0.2) is 4.79 Å². The number of carbonyl (C=O) groups excluding carboxylic acids is 1. The third-order valence-electron chi connectivity index (χ3n) is 2.36. The van der Waals surface area contributed by atoms with Crippen molar-refractivity contribution in [2.45, 2.75) is 32.5 Å². The monoisotopic (exact) mass is 214 g/mol. The first kappa shape index (κ1) is 12.2. The average molecular weight is 214 g/mol. The van der Waals surface area contributed by atoms with Crippen LogP contribution in [0.4, 0.5) is 0 Å². The van der Waals surface area contributed by atoms with Crippen molar-refractivity contribution in [3.8, 4) is 0 Å². The van der Waals surface area contributed by atoms with Gasteiger partial charge in [-0.1, -0.05) is 6.58 Å². The Morgan fingerprint density at radius 2 is 1.93 bits per heavy atom. The van der Waals surface area contributed by atoms with Crippen LogP contribution in [-0.2, 0) is 19.0 Å². The molecule has 0 aromatic heterocycles. The molecule has 0 N–H and O–H groups in total. The second-order valence-electron chi connectivity index (χ2n) is 3.55. The molecule has 1 heterocycles. The van der Waals surface area contributed by atoms with Crippen LogP contribution in [0.5, 0.6) is 0 Å². The molecular formula is C11H18O4. The van der Waals surface area contributed by atoms with Crippen molar-refractivity contribution in [2.75, 3.05) is 19.8 Å². The van der Waals surface area contributed by atoms with Crippen molar-refractivity contribution in [1.82, 2.24) is 0 Å². The van der Waals surface area contributed by atoms with E-state index in [0.29, 0.717) is 19.8 Å². The topological polar surface area (TPSA) is 44.8 Å². The van der Waals surface area contributed by atoms with Crippen molar-refractivity contribution in [3.05, 3.63) is 12.2 Å². The van der Waals surface area contributed by atoms with Gasteiger partial charge in [-0.2, -0.15) is 0 Å². The molecule has 15 heavy (non-hydrogen) atoms. The summed E-state index contributed by atoms with van der Waals surface area (Å²) in [5.74, 6) is -1.48. The van der Waals surface area contributed by atoms with Gasteiger partial charge < -0.3 is 14.2 Å².